The molecule has 0 saturated carbocycles. The maximum Gasteiger partial charge on any atom is 0.0699 e. The van der Waals surface area contributed by atoms with E-state index < -0.39 is 0 Å². The summed E-state index contributed by atoms with van der Waals surface area (Å²) in [4.78, 5) is 0. The number of benzene rings is 1. The van der Waals surface area contributed by atoms with Crippen LogP contribution in [0.25, 0.3) is 0 Å². The summed E-state index contributed by atoms with van der Waals surface area (Å²) in [5.74, 6) is 0. The summed E-state index contributed by atoms with van der Waals surface area (Å²) >= 11 is 5.91. The zero-order valence-electron chi connectivity index (χ0n) is 7.18. The van der Waals surface area contributed by atoms with E-state index in [1.54, 1.807) is 0 Å². The monoisotopic (exact) mass is 184 g/mol. The third-order valence-electron chi connectivity index (χ3n) is 1.89. The fraction of sp³-hybridized carbons (Fsp3) is 0.400. The van der Waals surface area contributed by atoms with Crippen molar-refractivity contribution >= 4 is 11.6 Å². The second-order valence-electron chi connectivity index (χ2n) is 2.79. The first-order chi connectivity index (χ1) is 5.79. The molecule has 66 valence electrons. The van der Waals surface area contributed by atoms with Crippen LogP contribution in [0.5, 0.6) is 0 Å². The molecule has 0 unspecified atom stereocenters. The predicted octanol–water partition coefficient (Wildman–Crippen LogP) is 2.78. The van der Waals surface area contributed by atoms with Gasteiger partial charge in [0.25, 0.3) is 0 Å². The molecule has 12 heavy (non-hydrogen) atoms. The van der Waals surface area contributed by atoms with E-state index in [4.69, 9.17) is 16.7 Å². The van der Waals surface area contributed by atoms with E-state index in [9.17, 15) is 0 Å². The van der Waals surface area contributed by atoms with Crippen molar-refractivity contribution in [3.63, 3.8) is 0 Å². The highest BCUT2D eigenvalue weighted by molar-refractivity contribution is 6.31. The lowest BCUT2D eigenvalue weighted by Crippen LogP contribution is -1.94. The Kier molecular flexibility index (Phi) is 3.57. The van der Waals surface area contributed by atoms with Crippen LogP contribution in [-0.2, 0) is 13.0 Å². The minimum Gasteiger partial charge on any atom is -0.392 e. The summed E-state index contributed by atoms with van der Waals surface area (Å²) in [5, 5.41) is 9.71. The summed E-state index contributed by atoms with van der Waals surface area (Å²) in [6, 6.07) is 5.75. The Morgan fingerprint density at radius 2 is 2.17 bits per heavy atom. The molecule has 0 spiro atoms. The molecule has 0 atom stereocenters. The van der Waals surface area contributed by atoms with Gasteiger partial charge >= 0.3 is 0 Å². The van der Waals surface area contributed by atoms with Crippen LogP contribution in [-0.4, -0.2) is 5.11 Å². The lowest BCUT2D eigenvalue weighted by molar-refractivity contribution is 0.280. The van der Waals surface area contributed by atoms with Crippen LogP contribution >= 0.6 is 11.6 Å². The maximum atomic E-state index is 9.04. The third-order valence-corrected chi connectivity index (χ3v) is 2.25. The van der Waals surface area contributed by atoms with Crippen LogP contribution in [0, 0.1) is 0 Å². The van der Waals surface area contributed by atoms with Gasteiger partial charge in [0, 0.05) is 5.02 Å². The van der Waals surface area contributed by atoms with Gasteiger partial charge in [-0.15, -0.1) is 0 Å². The minimum atomic E-state index is 0.0367. The van der Waals surface area contributed by atoms with Gasteiger partial charge in [-0.1, -0.05) is 37.1 Å². The first-order valence-electron chi connectivity index (χ1n) is 4.16. The summed E-state index contributed by atoms with van der Waals surface area (Å²) in [7, 11) is 0. The number of hydrogen-bond donors (Lipinski definition) is 1. The number of aliphatic hydroxyl groups is 1. The van der Waals surface area contributed by atoms with Gasteiger partial charge < -0.3 is 5.11 Å². The fourth-order valence-corrected chi connectivity index (χ4v) is 1.54. The molecule has 1 aromatic carbocycles. The molecule has 0 bridgehead atoms. The van der Waals surface area contributed by atoms with Crippen LogP contribution in [0.1, 0.15) is 24.5 Å². The lowest BCUT2D eigenvalue weighted by atomic mass is 10.0. The summed E-state index contributed by atoms with van der Waals surface area (Å²) in [6.45, 7) is 2.15. The van der Waals surface area contributed by atoms with Gasteiger partial charge in [-0.3, -0.25) is 0 Å². The van der Waals surface area contributed by atoms with Gasteiger partial charge in [0.2, 0.25) is 0 Å². The largest absolute Gasteiger partial charge is 0.392 e. The molecule has 0 radical (unpaired) electrons. The van der Waals surface area contributed by atoms with E-state index in [1.165, 1.54) is 0 Å². The molecular formula is C10H13ClO. The van der Waals surface area contributed by atoms with Crippen molar-refractivity contribution in [3.8, 4) is 0 Å². The summed E-state index contributed by atoms with van der Waals surface area (Å²) in [5.41, 5.74) is 2.04. The molecule has 0 aliphatic heterocycles. The van der Waals surface area contributed by atoms with Crippen molar-refractivity contribution in [2.75, 3.05) is 0 Å². The quantitative estimate of drug-likeness (QED) is 0.766. The van der Waals surface area contributed by atoms with Gasteiger partial charge in [0.05, 0.1) is 6.61 Å². The highest BCUT2D eigenvalue weighted by Gasteiger charge is 2.03. The summed E-state index contributed by atoms with van der Waals surface area (Å²) in [6.07, 6.45) is 2.06. The average Bonchev–Trinajstić information content (AvgIpc) is 2.05. The third kappa shape index (κ3) is 1.99. The second-order valence-corrected chi connectivity index (χ2v) is 3.19. The number of hydrogen-bond acceptors (Lipinski definition) is 1. The van der Waals surface area contributed by atoms with E-state index in [2.05, 4.69) is 6.92 Å². The van der Waals surface area contributed by atoms with Crippen LogP contribution in [0.2, 0.25) is 5.02 Å². The molecule has 0 aliphatic carbocycles. The first kappa shape index (κ1) is 9.56. The van der Waals surface area contributed by atoms with Crippen molar-refractivity contribution < 1.29 is 5.11 Å². The standard InChI is InChI=1S/C10H13ClO/c1-2-4-8-5-3-6-10(11)9(8)7-12/h3,5-6,12H,2,4,7H2,1H3. The number of aryl methyl sites for hydroxylation is 1. The molecule has 1 N–H and O–H groups in total. The van der Waals surface area contributed by atoms with Gasteiger partial charge in [0.1, 0.15) is 0 Å². The zero-order chi connectivity index (χ0) is 8.97. The number of rotatable bonds is 3. The molecule has 1 rings (SSSR count). The Balaban J connectivity index is 3.00. The smallest absolute Gasteiger partial charge is 0.0699 e. The Morgan fingerprint density at radius 3 is 2.75 bits per heavy atom. The maximum absolute atomic E-state index is 9.04. The number of aliphatic hydroxyl groups excluding tert-OH is 1. The van der Waals surface area contributed by atoms with Crippen LogP contribution in [0.3, 0.4) is 0 Å². The average molecular weight is 185 g/mol. The zero-order valence-corrected chi connectivity index (χ0v) is 7.93. The fourth-order valence-electron chi connectivity index (χ4n) is 1.28. The Hall–Kier alpha value is -0.530. The molecule has 1 aromatic rings. The summed E-state index contributed by atoms with van der Waals surface area (Å²) < 4.78 is 0. The molecule has 1 nitrogen and oxygen atoms in total. The van der Waals surface area contributed by atoms with Gasteiger partial charge in [-0.2, -0.15) is 0 Å². The highest BCUT2D eigenvalue weighted by atomic mass is 35.5. The van der Waals surface area contributed by atoms with Crippen molar-refractivity contribution in [3.05, 3.63) is 34.3 Å². The molecule has 0 aliphatic rings. The highest BCUT2D eigenvalue weighted by Crippen LogP contribution is 2.20. The van der Waals surface area contributed by atoms with Crippen LogP contribution < -0.4 is 0 Å². The van der Waals surface area contributed by atoms with Crippen molar-refractivity contribution in [2.24, 2.45) is 0 Å². The van der Waals surface area contributed by atoms with Gasteiger partial charge in [-0.25, -0.2) is 0 Å². The number of halogens is 1. The van der Waals surface area contributed by atoms with Gasteiger partial charge in [-0.05, 0) is 23.6 Å². The predicted molar refractivity (Wildman–Crippen MR) is 51.4 cm³/mol. The van der Waals surface area contributed by atoms with Gasteiger partial charge in [0.15, 0.2) is 0 Å². The topological polar surface area (TPSA) is 20.2 Å². The van der Waals surface area contributed by atoms with E-state index in [0.717, 1.165) is 24.0 Å². The van der Waals surface area contributed by atoms with E-state index in [-0.39, 0.29) is 6.61 Å². The van der Waals surface area contributed by atoms with E-state index in [1.807, 2.05) is 18.2 Å². The van der Waals surface area contributed by atoms with Crippen molar-refractivity contribution in [1.82, 2.24) is 0 Å². The SMILES string of the molecule is CCCc1cccc(Cl)c1CO. The second kappa shape index (κ2) is 4.48. The van der Waals surface area contributed by atoms with Crippen molar-refractivity contribution in [2.45, 2.75) is 26.4 Å². The molecule has 0 aromatic heterocycles. The minimum absolute atomic E-state index is 0.0367. The van der Waals surface area contributed by atoms with E-state index in [0.29, 0.717) is 5.02 Å². The molecule has 0 fully saturated rings. The molecule has 0 saturated heterocycles. The molecule has 0 amide bonds. The molecule has 2 heteroatoms. The Morgan fingerprint density at radius 1 is 1.42 bits per heavy atom. The van der Waals surface area contributed by atoms with Crippen LogP contribution in [0.15, 0.2) is 18.2 Å². The Labute approximate surface area is 78.0 Å². The first-order valence-corrected chi connectivity index (χ1v) is 4.54. The Bertz CT molecular complexity index is 258. The van der Waals surface area contributed by atoms with Crippen LogP contribution in [0.4, 0.5) is 0 Å². The molecular weight excluding hydrogens is 172 g/mol. The normalized spacial score (nSPS) is 10.2. The van der Waals surface area contributed by atoms with E-state index >= 15 is 0 Å². The molecule has 0 heterocycles. The van der Waals surface area contributed by atoms with Crippen molar-refractivity contribution in [1.29, 1.82) is 0 Å². The lowest BCUT2D eigenvalue weighted by Gasteiger charge is -2.07.